The van der Waals surface area contributed by atoms with Crippen LogP contribution in [0.2, 0.25) is 0 Å². The fourth-order valence-electron chi connectivity index (χ4n) is 4.28. The lowest BCUT2D eigenvalue weighted by Crippen LogP contribution is -2.49. The summed E-state index contributed by atoms with van der Waals surface area (Å²) in [7, 11) is 0. The van der Waals surface area contributed by atoms with Gasteiger partial charge in [-0.15, -0.1) is 0 Å². The third-order valence-corrected chi connectivity index (χ3v) is 5.88. The number of nitrogens with one attached hydrogen (secondary N) is 1. The van der Waals surface area contributed by atoms with E-state index in [1.54, 1.807) is 17.0 Å². The molecule has 2 unspecified atom stereocenters. The van der Waals surface area contributed by atoms with Crippen LogP contribution < -0.4 is 5.32 Å². The quantitative estimate of drug-likeness (QED) is 0.790. The van der Waals surface area contributed by atoms with Crippen molar-refractivity contribution in [1.82, 2.24) is 15.1 Å². The van der Waals surface area contributed by atoms with E-state index in [2.05, 4.69) is 10.2 Å². The number of carbonyl (C=O) groups is 2. The molecule has 2 saturated heterocycles. The van der Waals surface area contributed by atoms with E-state index in [4.69, 9.17) is 9.15 Å². The van der Waals surface area contributed by atoms with E-state index in [1.807, 2.05) is 37.3 Å². The molecule has 2 amide bonds. The van der Waals surface area contributed by atoms with Crippen molar-refractivity contribution in [3.63, 3.8) is 0 Å². The lowest BCUT2D eigenvalue weighted by Gasteiger charge is -2.34. The number of furan rings is 1. The lowest BCUT2D eigenvalue weighted by atomic mass is 10.1. The second kappa shape index (κ2) is 9.45. The van der Waals surface area contributed by atoms with Crippen LogP contribution in [0.3, 0.4) is 0 Å². The number of hydrogen-bond acceptors (Lipinski definition) is 5. The molecule has 0 radical (unpaired) electrons. The highest BCUT2D eigenvalue weighted by molar-refractivity contribution is 5.97. The van der Waals surface area contributed by atoms with Gasteiger partial charge in [-0.3, -0.25) is 14.5 Å². The number of aryl methyl sites for hydroxylation is 1. The third kappa shape index (κ3) is 4.57. The zero-order valence-electron chi connectivity index (χ0n) is 17.4. The van der Waals surface area contributed by atoms with Gasteiger partial charge >= 0.3 is 0 Å². The summed E-state index contributed by atoms with van der Waals surface area (Å²) in [5.74, 6) is 1.52. The summed E-state index contributed by atoms with van der Waals surface area (Å²) in [6, 6.07) is 12.6. The maximum atomic E-state index is 13.0. The number of amides is 2. The molecular formula is C23H29N3O4. The number of rotatable bonds is 6. The van der Waals surface area contributed by atoms with E-state index in [0.29, 0.717) is 38.3 Å². The summed E-state index contributed by atoms with van der Waals surface area (Å²) < 4.78 is 11.4. The Kier molecular flexibility index (Phi) is 6.50. The molecule has 30 heavy (non-hydrogen) atoms. The smallest absolute Gasteiger partial charge is 0.254 e. The van der Waals surface area contributed by atoms with Gasteiger partial charge in [0.15, 0.2) is 0 Å². The molecule has 2 atom stereocenters. The van der Waals surface area contributed by atoms with Gasteiger partial charge in [0.2, 0.25) is 5.91 Å². The van der Waals surface area contributed by atoms with E-state index in [9.17, 15) is 9.59 Å². The van der Waals surface area contributed by atoms with Crippen molar-refractivity contribution in [2.24, 2.45) is 0 Å². The van der Waals surface area contributed by atoms with Crippen LogP contribution in [-0.2, 0) is 9.53 Å². The van der Waals surface area contributed by atoms with Crippen LogP contribution >= 0.6 is 0 Å². The summed E-state index contributed by atoms with van der Waals surface area (Å²) in [5.41, 5.74) is 0.620. The first kappa shape index (κ1) is 20.6. The predicted octanol–water partition coefficient (Wildman–Crippen LogP) is 2.38. The van der Waals surface area contributed by atoms with Crippen molar-refractivity contribution < 1.29 is 18.7 Å². The fraction of sp³-hybridized carbons (Fsp3) is 0.478. The second-order valence-electron chi connectivity index (χ2n) is 7.88. The highest BCUT2D eigenvalue weighted by Gasteiger charge is 2.35. The van der Waals surface area contributed by atoms with Crippen LogP contribution in [0.4, 0.5) is 0 Å². The van der Waals surface area contributed by atoms with Crippen molar-refractivity contribution in [3.05, 3.63) is 59.5 Å². The number of likely N-dealkylation sites (tertiary alicyclic amines) is 1. The first-order valence-electron chi connectivity index (χ1n) is 10.7. The van der Waals surface area contributed by atoms with E-state index in [0.717, 1.165) is 31.0 Å². The van der Waals surface area contributed by atoms with Gasteiger partial charge < -0.3 is 19.4 Å². The molecule has 2 aliphatic heterocycles. The average Bonchev–Trinajstić information content (AvgIpc) is 3.44. The van der Waals surface area contributed by atoms with Gasteiger partial charge in [-0.25, -0.2) is 0 Å². The van der Waals surface area contributed by atoms with Crippen LogP contribution in [0.15, 0.2) is 46.9 Å². The molecule has 160 valence electrons. The Morgan fingerprint density at radius 1 is 1.10 bits per heavy atom. The first-order valence-corrected chi connectivity index (χ1v) is 10.7. The summed E-state index contributed by atoms with van der Waals surface area (Å²) >= 11 is 0. The number of benzene rings is 1. The Labute approximate surface area is 177 Å². The third-order valence-electron chi connectivity index (χ3n) is 5.88. The standard InChI is InChI=1S/C23H29N3O4/c1-17-9-10-21(30-17)20(25-12-14-29-15-13-25)16-24-22(27)19-8-5-11-26(19)23(28)18-6-3-2-4-7-18/h2-4,6-7,9-10,19-20H,5,8,11-16H2,1H3,(H,24,27). The molecule has 0 aliphatic carbocycles. The maximum Gasteiger partial charge on any atom is 0.254 e. The molecule has 0 spiro atoms. The molecular weight excluding hydrogens is 382 g/mol. The molecule has 4 rings (SSSR count). The zero-order valence-corrected chi connectivity index (χ0v) is 17.4. The van der Waals surface area contributed by atoms with Gasteiger partial charge in [-0.05, 0) is 44.0 Å². The Hall–Kier alpha value is -2.64. The van der Waals surface area contributed by atoms with Gasteiger partial charge in [0.05, 0.1) is 19.3 Å². The normalized spacial score (nSPS) is 20.8. The van der Waals surface area contributed by atoms with Crippen molar-refractivity contribution in [2.45, 2.75) is 31.8 Å². The molecule has 7 nitrogen and oxygen atoms in total. The molecule has 2 fully saturated rings. The van der Waals surface area contributed by atoms with Gasteiger partial charge in [-0.1, -0.05) is 18.2 Å². The Bertz CT molecular complexity index is 860. The zero-order chi connectivity index (χ0) is 20.9. The van der Waals surface area contributed by atoms with Crippen molar-refractivity contribution >= 4 is 11.8 Å². The van der Waals surface area contributed by atoms with Crippen molar-refractivity contribution in [1.29, 1.82) is 0 Å². The molecule has 0 saturated carbocycles. The minimum absolute atomic E-state index is 0.0498. The Balaban J connectivity index is 1.43. The molecule has 1 N–H and O–H groups in total. The summed E-state index contributed by atoms with van der Waals surface area (Å²) in [6.45, 7) is 5.90. The monoisotopic (exact) mass is 411 g/mol. The number of hydrogen-bond donors (Lipinski definition) is 1. The number of nitrogens with zero attached hydrogens (tertiary/aromatic N) is 2. The molecule has 3 heterocycles. The number of carbonyl (C=O) groups excluding carboxylic acids is 2. The number of morpholine rings is 1. The van der Waals surface area contributed by atoms with E-state index in [1.165, 1.54) is 0 Å². The van der Waals surface area contributed by atoms with Crippen LogP contribution in [0.25, 0.3) is 0 Å². The molecule has 7 heteroatoms. The van der Waals surface area contributed by atoms with Gasteiger partial charge in [0.25, 0.3) is 5.91 Å². The first-order chi connectivity index (χ1) is 14.6. The fourth-order valence-corrected chi connectivity index (χ4v) is 4.28. The van der Waals surface area contributed by atoms with E-state index >= 15 is 0 Å². The summed E-state index contributed by atoms with van der Waals surface area (Å²) in [4.78, 5) is 29.9. The molecule has 1 aromatic heterocycles. The van der Waals surface area contributed by atoms with Crippen LogP contribution in [0, 0.1) is 6.92 Å². The highest BCUT2D eigenvalue weighted by atomic mass is 16.5. The van der Waals surface area contributed by atoms with Gasteiger partial charge in [0.1, 0.15) is 17.6 Å². The average molecular weight is 412 g/mol. The molecule has 2 aliphatic rings. The predicted molar refractivity (Wildman–Crippen MR) is 112 cm³/mol. The van der Waals surface area contributed by atoms with Crippen molar-refractivity contribution in [2.75, 3.05) is 39.4 Å². The largest absolute Gasteiger partial charge is 0.465 e. The minimum atomic E-state index is -0.429. The SMILES string of the molecule is Cc1ccc(C(CNC(=O)C2CCCN2C(=O)c2ccccc2)N2CCOCC2)o1. The van der Waals surface area contributed by atoms with E-state index in [-0.39, 0.29) is 17.9 Å². The Morgan fingerprint density at radius 2 is 1.87 bits per heavy atom. The van der Waals surface area contributed by atoms with Gasteiger partial charge in [0, 0.05) is 31.7 Å². The van der Waals surface area contributed by atoms with Crippen molar-refractivity contribution in [3.8, 4) is 0 Å². The van der Waals surface area contributed by atoms with Crippen LogP contribution in [0.5, 0.6) is 0 Å². The van der Waals surface area contributed by atoms with Gasteiger partial charge in [-0.2, -0.15) is 0 Å². The van der Waals surface area contributed by atoms with Crippen LogP contribution in [-0.4, -0.2) is 67.0 Å². The Morgan fingerprint density at radius 3 is 2.57 bits per heavy atom. The summed E-state index contributed by atoms with van der Waals surface area (Å²) in [5, 5.41) is 3.09. The summed E-state index contributed by atoms with van der Waals surface area (Å²) in [6.07, 6.45) is 1.52. The van der Waals surface area contributed by atoms with E-state index < -0.39 is 6.04 Å². The molecule has 1 aromatic carbocycles. The molecule has 0 bridgehead atoms. The highest BCUT2D eigenvalue weighted by Crippen LogP contribution is 2.24. The topological polar surface area (TPSA) is 75.0 Å². The number of ether oxygens (including phenoxy) is 1. The minimum Gasteiger partial charge on any atom is -0.465 e. The molecule has 2 aromatic rings. The van der Waals surface area contributed by atoms with Crippen LogP contribution in [0.1, 0.15) is 40.8 Å². The lowest BCUT2D eigenvalue weighted by molar-refractivity contribution is -0.125. The maximum absolute atomic E-state index is 13.0. The second-order valence-corrected chi connectivity index (χ2v) is 7.88.